The summed E-state index contributed by atoms with van der Waals surface area (Å²) >= 11 is 0. The minimum absolute atomic E-state index is 0.0486. The van der Waals surface area contributed by atoms with Gasteiger partial charge >= 0.3 is 6.18 Å². The molecule has 0 aliphatic carbocycles. The molecule has 1 aliphatic rings. The topological polar surface area (TPSA) is 99.7 Å². The van der Waals surface area contributed by atoms with Crippen LogP contribution in [0.25, 0.3) is 10.9 Å². The van der Waals surface area contributed by atoms with Crippen molar-refractivity contribution in [2.45, 2.75) is 23.9 Å². The van der Waals surface area contributed by atoms with Crippen molar-refractivity contribution in [3.05, 3.63) is 102 Å². The van der Waals surface area contributed by atoms with Crippen LogP contribution in [0.2, 0.25) is 0 Å². The summed E-state index contributed by atoms with van der Waals surface area (Å²) in [5.41, 5.74) is 0.948. The fourth-order valence-corrected chi connectivity index (χ4v) is 6.03. The van der Waals surface area contributed by atoms with E-state index in [4.69, 9.17) is 0 Å². The number of carbonyl (C=O) groups is 2. The van der Waals surface area contributed by atoms with Crippen LogP contribution in [-0.4, -0.2) is 61.2 Å². The van der Waals surface area contributed by atoms with Crippen molar-refractivity contribution in [2.75, 3.05) is 30.9 Å². The summed E-state index contributed by atoms with van der Waals surface area (Å²) in [5.74, 6) is -0.362. The molecule has 42 heavy (non-hydrogen) atoms. The third-order valence-corrected chi connectivity index (χ3v) is 8.51. The first kappa shape index (κ1) is 29.1. The summed E-state index contributed by atoms with van der Waals surface area (Å²) in [4.78, 5) is 33.2. The average molecular weight is 597 g/mol. The van der Waals surface area contributed by atoms with Gasteiger partial charge in [-0.1, -0.05) is 30.3 Å². The summed E-state index contributed by atoms with van der Waals surface area (Å²) in [7, 11) is -3.93. The maximum Gasteiger partial charge on any atom is 0.416 e. The Morgan fingerprint density at radius 2 is 1.48 bits per heavy atom. The fourth-order valence-electron chi connectivity index (χ4n) is 4.80. The van der Waals surface area contributed by atoms with Crippen molar-refractivity contribution in [3.63, 3.8) is 0 Å². The molecule has 1 aliphatic heterocycles. The third-order valence-electron chi connectivity index (χ3n) is 7.10. The maximum atomic E-state index is 13.0. The van der Waals surface area contributed by atoms with E-state index < -0.39 is 21.8 Å². The summed E-state index contributed by atoms with van der Waals surface area (Å²) in [6.45, 7) is 1.34. The van der Waals surface area contributed by atoms with Gasteiger partial charge < -0.3 is 9.80 Å². The lowest BCUT2D eigenvalue weighted by atomic mass is 10.1. The van der Waals surface area contributed by atoms with Gasteiger partial charge in [-0.2, -0.15) is 13.2 Å². The molecule has 2 heterocycles. The van der Waals surface area contributed by atoms with Gasteiger partial charge in [0.05, 0.1) is 11.1 Å². The van der Waals surface area contributed by atoms with E-state index in [1.807, 2.05) is 0 Å². The number of rotatable bonds is 7. The molecule has 12 heteroatoms. The molecule has 5 rings (SSSR count). The highest BCUT2D eigenvalue weighted by Crippen LogP contribution is 2.29. The molecule has 1 fully saturated rings. The number of para-hydroxylation sites is 1. The molecule has 0 atom stereocenters. The SMILES string of the molecule is O=C(CCc1ccc(C(F)(F)F)cc1)N1CCN(C(=O)c2ccc(NS(=O)(=O)c3cccc4cccnc34)cc2)CC1. The van der Waals surface area contributed by atoms with Crippen molar-refractivity contribution >= 4 is 38.4 Å². The number of pyridine rings is 1. The van der Waals surface area contributed by atoms with Gasteiger partial charge in [0.15, 0.2) is 0 Å². The van der Waals surface area contributed by atoms with Crippen LogP contribution in [0.1, 0.15) is 27.9 Å². The Bertz CT molecular complexity index is 1700. The minimum atomic E-state index is -4.40. The van der Waals surface area contributed by atoms with E-state index in [0.717, 1.165) is 12.1 Å². The van der Waals surface area contributed by atoms with E-state index >= 15 is 0 Å². The van der Waals surface area contributed by atoms with Crippen molar-refractivity contribution in [2.24, 2.45) is 0 Å². The fraction of sp³-hybridized carbons (Fsp3) is 0.233. The number of aryl methyl sites for hydroxylation is 1. The van der Waals surface area contributed by atoms with Gasteiger partial charge in [-0.05, 0) is 60.5 Å². The zero-order chi connectivity index (χ0) is 29.9. The second-order valence-corrected chi connectivity index (χ2v) is 11.5. The lowest BCUT2D eigenvalue weighted by molar-refractivity contribution is -0.137. The Morgan fingerprint density at radius 3 is 2.14 bits per heavy atom. The van der Waals surface area contributed by atoms with Crippen LogP contribution in [0, 0.1) is 0 Å². The number of hydrogen-bond acceptors (Lipinski definition) is 5. The quantitative estimate of drug-likeness (QED) is 0.325. The van der Waals surface area contributed by atoms with Crippen LogP contribution in [0.4, 0.5) is 18.9 Å². The number of amides is 2. The lowest BCUT2D eigenvalue weighted by Gasteiger charge is -2.35. The highest BCUT2D eigenvalue weighted by Gasteiger charge is 2.30. The molecule has 3 aromatic carbocycles. The predicted molar refractivity (Wildman–Crippen MR) is 151 cm³/mol. The molecule has 4 aromatic rings. The molecule has 1 saturated heterocycles. The van der Waals surface area contributed by atoms with E-state index in [2.05, 4.69) is 9.71 Å². The van der Waals surface area contributed by atoms with Gasteiger partial charge in [0.25, 0.3) is 15.9 Å². The number of aromatic nitrogens is 1. The average Bonchev–Trinajstić information content (AvgIpc) is 2.99. The number of alkyl halides is 3. The Labute approximate surface area is 240 Å². The molecule has 0 unspecified atom stereocenters. The number of halogens is 3. The van der Waals surface area contributed by atoms with Crippen LogP contribution in [-0.2, 0) is 27.4 Å². The number of anilines is 1. The number of hydrogen-bond donors (Lipinski definition) is 1. The summed E-state index contributed by atoms with van der Waals surface area (Å²) in [6, 6.07) is 19.3. The molecule has 0 spiro atoms. The normalized spacial score (nSPS) is 14.2. The number of fused-ring (bicyclic) bond motifs is 1. The number of sulfonamides is 1. The van der Waals surface area contributed by atoms with Gasteiger partial charge in [0.2, 0.25) is 5.91 Å². The van der Waals surface area contributed by atoms with Crippen LogP contribution in [0.15, 0.2) is 90.0 Å². The van der Waals surface area contributed by atoms with Crippen molar-refractivity contribution in [1.82, 2.24) is 14.8 Å². The maximum absolute atomic E-state index is 13.0. The van der Waals surface area contributed by atoms with E-state index in [-0.39, 0.29) is 23.1 Å². The van der Waals surface area contributed by atoms with Gasteiger partial charge in [-0.15, -0.1) is 0 Å². The summed E-state index contributed by atoms with van der Waals surface area (Å²) in [5, 5.41) is 0.697. The van der Waals surface area contributed by atoms with E-state index in [1.165, 1.54) is 36.5 Å². The van der Waals surface area contributed by atoms with Crippen molar-refractivity contribution < 1.29 is 31.2 Å². The molecular weight excluding hydrogens is 569 g/mol. The van der Waals surface area contributed by atoms with Gasteiger partial charge in [-0.25, -0.2) is 8.42 Å². The third kappa shape index (κ3) is 6.54. The number of nitrogens with one attached hydrogen (secondary N) is 1. The van der Waals surface area contributed by atoms with Crippen molar-refractivity contribution in [3.8, 4) is 0 Å². The highest BCUT2D eigenvalue weighted by molar-refractivity contribution is 7.93. The molecule has 0 bridgehead atoms. The molecule has 1 aromatic heterocycles. The summed E-state index contributed by atoms with van der Waals surface area (Å²) < 4.78 is 66.8. The second kappa shape index (κ2) is 11.8. The highest BCUT2D eigenvalue weighted by atomic mass is 32.2. The first-order valence-electron chi connectivity index (χ1n) is 13.2. The standard InChI is InChI=1S/C30H27F3N4O4S/c31-30(32,33)24-11-6-21(7-12-24)8-15-27(38)36-17-19-37(20-18-36)29(39)23-9-13-25(14-10-23)35-42(40,41)26-5-1-3-22-4-2-16-34-28(22)26/h1-7,9-14,16,35H,8,15,17-20H2. The number of nitrogens with zero attached hydrogens (tertiary/aromatic N) is 3. The largest absolute Gasteiger partial charge is 0.416 e. The Hall–Kier alpha value is -4.45. The molecule has 0 radical (unpaired) electrons. The van der Waals surface area contributed by atoms with E-state index in [0.29, 0.717) is 60.3 Å². The zero-order valence-corrected chi connectivity index (χ0v) is 23.2. The Balaban J connectivity index is 1.13. The molecule has 0 saturated carbocycles. The first-order valence-corrected chi connectivity index (χ1v) is 14.7. The molecule has 8 nitrogen and oxygen atoms in total. The van der Waals surface area contributed by atoms with E-state index in [1.54, 1.807) is 46.2 Å². The summed E-state index contributed by atoms with van der Waals surface area (Å²) in [6.07, 6.45) is -2.39. The zero-order valence-electron chi connectivity index (χ0n) is 22.3. The predicted octanol–water partition coefficient (Wildman–Crippen LogP) is 4.97. The smallest absolute Gasteiger partial charge is 0.339 e. The minimum Gasteiger partial charge on any atom is -0.339 e. The molecular formula is C30H27F3N4O4S. The van der Waals surface area contributed by atoms with Crippen LogP contribution in [0.3, 0.4) is 0 Å². The van der Waals surface area contributed by atoms with Gasteiger partial charge in [0, 0.05) is 55.4 Å². The number of benzene rings is 3. The first-order chi connectivity index (χ1) is 20.0. The lowest BCUT2D eigenvalue weighted by Crippen LogP contribution is -2.50. The van der Waals surface area contributed by atoms with Crippen LogP contribution in [0.5, 0.6) is 0 Å². The van der Waals surface area contributed by atoms with Gasteiger partial charge in [-0.3, -0.25) is 19.3 Å². The second-order valence-electron chi connectivity index (χ2n) is 9.88. The molecule has 2 amide bonds. The number of piperazine rings is 1. The number of carbonyl (C=O) groups excluding carboxylic acids is 2. The molecule has 218 valence electrons. The van der Waals surface area contributed by atoms with Gasteiger partial charge in [0.1, 0.15) is 4.90 Å². The monoisotopic (exact) mass is 596 g/mol. The van der Waals surface area contributed by atoms with Crippen molar-refractivity contribution in [1.29, 1.82) is 0 Å². The Morgan fingerprint density at radius 1 is 0.833 bits per heavy atom. The molecule has 1 N–H and O–H groups in total. The van der Waals surface area contributed by atoms with Crippen LogP contribution < -0.4 is 4.72 Å². The van der Waals surface area contributed by atoms with E-state index in [9.17, 15) is 31.2 Å². The van der Waals surface area contributed by atoms with Crippen LogP contribution >= 0.6 is 0 Å². The Kier molecular flexibility index (Phi) is 8.17.